The summed E-state index contributed by atoms with van der Waals surface area (Å²) in [4.78, 5) is 11.3. The van der Waals surface area contributed by atoms with Gasteiger partial charge in [-0.3, -0.25) is 0 Å². The lowest BCUT2D eigenvalue weighted by molar-refractivity contribution is 0.0690. The molecule has 0 atom stereocenters. The van der Waals surface area contributed by atoms with Crippen molar-refractivity contribution in [1.82, 2.24) is 0 Å². The summed E-state index contributed by atoms with van der Waals surface area (Å²) < 4.78 is 16.0. The Morgan fingerprint density at radius 1 is 1.40 bits per heavy atom. The summed E-state index contributed by atoms with van der Waals surface area (Å²) in [6.07, 6.45) is 2.31. The second-order valence-electron chi connectivity index (χ2n) is 5.13. The molecule has 0 bridgehead atoms. The molecule has 6 nitrogen and oxygen atoms in total. The predicted molar refractivity (Wildman–Crippen MR) is 66.9 cm³/mol. The van der Waals surface area contributed by atoms with E-state index in [9.17, 15) is 9.90 Å². The van der Waals surface area contributed by atoms with E-state index in [1.54, 1.807) is 0 Å². The van der Waals surface area contributed by atoms with Crippen molar-refractivity contribution in [2.24, 2.45) is 5.41 Å². The van der Waals surface area contributed by atoms with Crippen LogP contribution < -0.4 is 14.2 Å². The number of aromatic carboxylic acids is 1. The van der Waals surface area contributed by atoms with Crippen molar-refractivity contribution in [3.8, 4) is 23.3 Å². The molecular formula is C14H13NO5. The maximum absolute atomic E-state index is 11.3. The van der Waals surface area contributed by atoms with Crippen molar-refractivity contribution in [3.05, 3.63) is 17.7 Å². The van der Waals surface area contributed by atoms with Crippen molar-refractivity contribution < 1.29 is 24.1 Å². The normalized spacial score (nSPS) is 17.4. The Morgan fingerprint density at radius 3 is 2.70 bits per heavy atom. The summed E-state index contributed by atoms with van der Waals surface area (Å²) in [6, 6.07) is 5.09. The lowest BCUT2D eigenvalue weighted by Crippen LogP contribution is -2.14. The molecule has 1 saturated carbocycles. The van der Waals surface area contributed by atoms with Crippen molar-refractivity contribution in [2.45, 2.75) is 19.3 Å². The third kappa shape index (κ3) is 2.23. The van der Waals surface area contributed by atoms with Crippen molar-refractivity contribution in [2.75, 3.05) is 13.4 Å². The van der Waals surface area contributed by atoms with Crippen LogP contribution in [0.25, 0.3) is 0 Å². The standard InChI is InChI=1S/C14H13NO5/c15-4-3-14(1-2-14)7-18-10-6-12-11(19-8-20-12)5-9(10)13(16)17/h5-6H,1-3,7-8H2,(H,16,17). The molecule has 1 fully saturated rings. The number of ether oxygens (including phenoxy) is 3. The molecule has 1 aliphatic heterocycles. The average molecular weight is 275 g/mol. The van der Waals surface area contributed by atoms with Crippen LogP contribution >= 0.6 is 0 Å². The zero-order valence-corrected chi connectivity index (χ0v) is 10.7. The van der Waals surface area contributed by atoms with E-state index in [1.165, 1.54) is 12.1 Å². The molecule has 1 heterocycles. The highest BCUT2D eigenvalue weighted by molar-refractivity contribution is 5.92. The second kappa shape index (κ2) is 4.60. The Kier molecular flexibility index (Phi) is 2.90. The molecule has 1 aromatic rings. The van der Waals surface area contributed by atoms with E-state index in [1.807, 2.05) is 0 Å². The van der Waals surface area contributed by atoms with E-state index in [0.29, 0.717) is 24.5 Å². The average Bonchev–Trinajstić information content (AvgIpc) is 3.03. The van der Waals surface area contributed by atoms with E-state index in [-0.39, 0.29) is 23.5 Å². The Hall–Kier alpha value is -2.42. The van der Waals surface area contributed by atoms with Gasteiger partial charge in [-0.2, -0.15) is 5.26 Å². The predicted octanol–water partition coefficient (Wildman–Crippen LogP) is 2.19. The summed E-state index contributed by atoms with van der Waals surface area (Å²) in [6.45, 7) is 0.427. The number of carboxylic acid groups (broad SMARTS) is 1. The van der Waals surface area contributed by atoms with Crippen LogP contribution in [-0.4, -0.2) is 24.5 Å². The fourth-order valence-electron chi connectivity index (χ4n) is 2.16. The lowest BCUT2D eigenvalue weighted by atomic mass is 10.1. The number of hydrogen-bond donors (Lipinski definition) is 1. The molecule has 1 aromatic carbocycles. The van der Waals surface area contributed by atoms with Gasteiger partial charge >= 0.3 is 5.97 Å². The van der Waals surface area contributed by atoms with Crippen LogP contribution in [0.5, 0.6) is 17.2 Å². The van der Waals surface area contributed by atoms with Gasteiger partial charge in [-0.05, 0) is 12.8 Å². The van der Waals surface area contributed by atoms with Crippen LogP contribution in [0.4, 0.5) is 0 Å². The Morgan fingerprint density at radius 2 is 2.10 bits per heavy atom. The molecule has 20 heavy (non-hydrogen) atoms. The van der Waals surface area contributed by atoms with E-state index in [2.05, 4.69) is 6.07 Å². The third-order valence-corrected chi connectivity index (χ3v) is 3.65. The van der Waals surface area contributed by atoms with Crippen LogP contribution in [-0.2, 0) is 0 Å². The first kappa shape index (κ1) is 12.6. The summed E-state index contributed by atoms with van der Waals surface area (Å²) in [7, 11) is 0. The number of carbonyl (C=O) groups is 1. The highest BCUT2D eigenvalue weighted by Crippen LogP contribution is 2.49. The van der Waals surface area contributed by atoms with Crippen LogP contribution in [0.1, 0.15) is 29.6 Å². The SMILES string of the molecule is N#CCC1(COc2cc3c(cc2C(=O)O)OCO3)CC1. The van der Waals surface area contributed by atoms with Crippen LogP contribution in [0.2, 0.25) is 0 Å². The van der Waals surface area contributed by atoms with Gasteiger partial charge in [-0.25, -0.2) is 4.79 Å². The van der Waals surface area contributed by atoms with Crippen LogP contribution in [0.15, 0.2) is 12.1 Å². The van der Waals surface area contributed by atoms with Crippen LogP contribution in [0, 0.1) is 16.7 Å². The number of carboxylic acids is 1. The molecule has 0 amide bonds. The quantitative estimate of drug-likeness (QED) is 0.886. The van der Waals surface area contributed by atoms with E-state index in [0.717, 1.165) is 12.8 Å². The number of fused-ring (bicyclic) bond motifs is 1. The summed E-state index contributed by atoms with van der Waals surface area (Å²) in [5.41, 5.74) is -0.0667. The van der Waals surface area contributed by atoms with Crippen molar-refractivity contribution in [1.29, 1.82) is 5.26 Å². The Bertz CT molecular complexity index is 600. The molecule has 2 aliphatic rings. The maximum Gasteiger partial charge on any atom is 0.339 e. The zero-order chi connectivity index (χ0) is 14.2. The van der Waals surface area contributed by atoms with Gasteiger partial charge in [0.2, 0.25) is 6.79 Å². The summed E-state index contributed by atoms with van der Waals surface area (Å²) >= 11 is 0. The van der Waals surface area contributed by atoms with Gasteiger partial charge in [0.1, 0.15) is 11.3 Å². The number of nitriles is 1. The largest absolute Gasteiger partial charge is 0.492 e. The van der Waals surface area contributed by atoms with Gasteiger partial charge in [0.05, 0.1) is 12.7 Å². The van der Waals surface area contributed by atoms with Gasteiger partial charge in [-0.15, -0.1) is 0 Å². The number of benzene rings is 1. The first-order valence-corrected chi connectivity index (χ1v) is 6.30. The first-order chi connectivity index (χ1) is 9.63. The second-order valence-corrected chi connectivity index (χ2v) is 5.13. The molecule has 0 unspecified atom stereocenters. The van der Waals surface area contributed by atoms with Gasteiger partial charge in [0, 0.05) is 24.0 Å². The number of rotatable bonds is 5. The molecule has 3 rings (SSSR count). The molecule has 0 aromatic heterocycles. The molecule has 6 heteroatoms. The fraction of sp³-hybridized carbons (Fsp3) is 0.429. The first-order valence-electron chi connectivity index (χ1n) is 6.30. The maximum atomic E-state index is 11.3. The highest BCUT2D eigenvalue weighted by Gasteiger charge is 2.43. The third-order valence-electron chi connectivity index (χ3n) is 3.65. The minimum atomic E-state index is -1.08. The lowest BCUT2D eigenvalue weighted by Gasteiger charge is -2.15. The minimum absolute atomic E-state index is 0.0435. The van der Waals surface area contributed by atoms with Crippen molar-refractivity contribution in [3.63, 3.8) is 0 Å². The van der Waals surface area contributed by atoms with Crippen molar-refractivity contribution >= 4 is 5.97 Å². The molecule has 1 aliphatic carbocycles. The Balaban J connectivity index is 1.82. The van der Waals surface area contributed by atoms with E-state index in [4.69, 9.17) is 19.5 Å². The smallest absolute Gasteiger partial charge is 0.339 e. The topological polar surface area (TPSA) is 88.8 Å². The monoisotopic (exact) mass is 275 g/mol. The van der Waals surface area contributed by atoms with Gasteiger partial charge in [0.15, 0.2) is 11.5 Å². The molecular weight excluding hydrogens is 262 g/mol. The zero-order valence-electron chi connectivity index (χ0n) is 10.7. The summed E-state index contributed by atoms with van der Waals surface area (Å²) in [5, 5.41) is 18.0. The van der Waals surface area contributed by atoms with E-state index < -0.39 is 5.97 Å². The Labute approximate surface area is 115 Å². The highest BCUT2D eigenvalue weighted by atomic mass is 16.7. The van der Waals surface area contributed by atoms with Crippen LogP contribution in [0.3, 0.4) is 0 Å². The minimum Gasteiger partial charge on any atom is -0.492 e. The fourth-order valence-corrected chi connectivity index (χ4v) is 2.16. The molecule has 104 valence electrons. The molecule has 0 saturated heterocycles. The van der Waals surface area contributed by atoms with Gasteiger partial charge in [-0.1, -0.05) is 0 Å². The van der Waals surface area contributed by atoms with E-state index >= 15 is 0 Å². The molecule has 1 N–H and O–H groups in total. The molecule has 0 radical (unpaired) electrons. The number of nitrogens with zero attached hydrogens (tertiary/aromatic N) is 1. The molecule has 0 spiro atoms. The van der Waals surface area contributed by atoms with Gasteiger partial charge < -0.3 is 19.3 Å². The number of hydrogen-bond acceptors (Lipinski definition) is 5. The summed E-state index contributed by atoms with van der Waals surface area (Å²) in [5.74, 6) is 0.0671. The van der Waals surface area contributed by atoms with Gasteiger partial charge in [0.25, 0.3) is 0 Å².